The van der Waals surface area contributed by atoms with Crippen LogP contribution in [0.15, 0.2) is 12.1 Å². The number of nitrogens with one attached hydrogen (secondary N) is 2. The predicted molar refractivity (Wildman–Crippen MR) is 76.4 cm³/mol. The first-order chi connectivity index (χ1) is 9.69. The molecule has 6 heteroatoms. The Morgan fingerprint density at radius 1 is 1.55 bits per heavy atom. The van der Waals surface area contributed by atoms with Crippen LogP contribution in [0.25, 0.3) is 0 Å². The molecule has 1 fully saturated rings. The van der Waals surface area contributed by atoms with Crippen molar-refractivity contribution in [1.82, 2.24) is 5.32 Å². The maximum absolute atomic E-state index is 11.8. The Labute approximate surface area is 122 Å². The fourth-order valence-corrected chi connectivity index (χ4v) is 2.84. The number of ether oxygens (including phenoxy) is 2. The van der Waals surface area contributed by atoms with Gasteiger partial charge in [0.15, 0.2) is 0 Å². The summed E-state index contributed by atoms with van der Waals surface area (Å²) in [6.45, 7) is 1.29. The lowest BCUT2D eigenvalue weighted by Crippen LogP contribution is -2.23. The molecule has 2 unspecified atom stereocenters. The molecule has 0 saturated carbocycles. The minimum atomic E-state index is -0.352. The molecule has 0 spiro atoms. The van der Waals surface area contributed by atoms with Crippen LogP contribution in [0.5, 0.6) is 5.75 Å². The van der Waals surface area contributed by atoms with Crippen molar-refractivity contribution >= 4 is 23.2 Å². The first-order valence-electron chi connectivity index (χ1n) is 6.75. The topological polar surface area (TPSA) is 59.6 Å². The molecule has 2 N–H and O–H groups in total. The van der Waals surface area contributed by atoms with Gasteiger partial charge in [0.2, 0.25) is 5.91 Å². The van der Waals surface area contributed by atoms with E-state index in [1.807, 2.05) is 0 Å². The summed E-state index contributed by atoms with van der Waals surface area (Å²) in [6.07, 6.45) is 2.23. The molecule has 0 radical (unpaired) electrons. The van der Waals surface area contributed by atoms with Crippen LogP contribution >= 0.6 is 11.6 Å². The van der Waals surface area contributed by atoms with E-state index in [9.17, 15) is 4.79 Å². The third-order valence-electron chi connectivity index (χ3n) is 3.67. The minimum Gasteiger partial charge on any atom is -0.489 e. The number of carbonyl (C=O) groups is 1. The van der Waals surface area contributed by atoms with E-state index in [1.165, 1.54) is 0 Å². The Kier molecular flexibility index (Phi) is 3.83. The van der Waals surface area contributed by atoms with Crippen molar-refractivity contribution in [2.45, 2.75) is 25.0 Å². The molecule has 0 aromatic heterocycles. The van der Waals surface area contributed by atoms with Crippen molar-refractivity contribution in [2.75, 3.05) is 25.6 Å². The number of amides is 1. The van der Waals surface area contributed by atoms with E-state index in [0.29, 0.717) is 17.4 Å². The smallest absolute Gasteiger partial charge is 0.246 e. The van der Waals surface area contributed by atoms with Crippen LogP contribution < -0.4 is 15.4 Å². The third-order valence-corrected chi connectivity index (χ3v) is 3.97. The lowest BCUT2D eigenvalue weighted by molar-refractivity contribution is -0.117. The van der Waals surface area contributed by atoms with Gasteiger partial charge in [-0.1, -0.05) is 11.6 Å². The van der Waals surface area contributed by atoms with Crippen molar-refractivity contribution in [3.8, 4) is 5.75 Å². The predicted octanol–water partition coefficient (Wildman–Crippen LogP) is 2.11. The first-order valence-corrected chi connectivity index (χ1v) is 7.13. The van der Waals surface area contributed by atoms with E-state index < -0.39 is 0 Å². The molecule has 1 saturated heterocycles. The third kappa shape index (κ3) is 2.49. The molecule has 1 aromatic rings. The van der Waals surface area contributed by atoms with Gasteiger partial charge in [-0.2, -0.15) is 0 Å². The molecule has 2 aliphatic rings. The van der Waals surface area contributed by atoms with E-state index in [-0.39, 0.29) is 18.1 Å². The number of fused-ring (bicyclic) bond motifs is 1. The van der Waals surface area contributed by atoms with Crippen LogP contribution in [0, 0.1) is 0 Å². The van der Waals surface area contributed by atoms with Crippen LogP contribution in [-0.4, -0.2) is 32.3 Å². The van der Waals surface area contributed by atoms with Gasteiger partial charge in [0.05, 0.1) is 11.1 Å². The number of benzene rings is 1. The molecule has 5 nitrogen and oxygen atoms in total. The molecule has 2 atom stereocenters. The van der Waals surface area contributed by atoms with Gasteiger partial charge in [-0.05, 0) is 26.0 Å². The van der Waals surface area contributed by atoms with Gasteiger partial charge in [0.25, 0.3) is 0 Å². The van der Waals surface area contributed by atoms with E-state index in [2.05, 4.69) is 10.6 Å². The van der Waals surface area contributed by atoms with Crippen LogP contribution in [0.4, 0.5) is 5.69 Å². The number of carbonyl (C=O) groups excluding carboxylic acids is 1. The second-order valence-electron chi connectivity index (χ2n) is 5.03. The highest BCUT2D eigenvalue weighted by Crippen LogP contribution is 2.38. The highest BCUT2D eigenvalue weighted by molar-refractivity contribution is 6.32. The molecule has 2 aliphatic heterocycles. The van der Waals surface area contributed by atoms with Crippen LogP contribution in [0.1, 0.15) is 24.4 Å². The molecule has 1 aromatic carbocycles. The second kappa shape index (κ2) is 5.60. The van der Waals surface area contributed by atoms with Crippen molar-refractivity contribution < 1.29 is 14.3 Å². The van der Waals surface area contributed by atoms with Crippen molar-refractivity contribution in [2.24, 2.45) is 0 Å². The second-order valence-corrected chi connectivity index (χ2v) is 5.43. The zero-order valence-corrected chi connectivity index (χ0v) is 12.0. The summed E-state index contributed by atoms with van der Waals surface area (Å²) in [6, 6.07) is 3.21. The number of hydrogen-bond acceptors (Lipinski definition) is 4. The van der Waals surface area contributed by atoms with Crippen LogP contribution in [-0.2, 0) is 9.53 Å². The number of halogens is 1. The molecule has 2 heterocycles. The highest BCUT2D eigenvalue weighted by atomic mass is 35.5. The Balaban J connectivity index is 1.76. The number of likely N-dealkylation sites (N-methyl/N-ethyl adjacent to an activating group) is 1. The molecule has 0 bridgehead atoms. The first kappa shape index (κ1) is 13.7. The number of anilines is 1. The minimum absolute atomic E-state index is 0.0742. The number of rotatable bonds is 4. The van der Waals surface area contributed by atoms with E-state index >= 15 is 0 Å². The molecular weight excluding hydrogens is 280 g/mol. The van der Waals surface area contributed by atoms with Crippen LogP contribution in [0.3, 0.4) is 0 Å². The summed E-state index contributed by atoms with van der Waals surface area (Å²) >= 11 is 6.23. The number of hydrogen-bond donors (Lipinski definition) is 2. The Morgan fingerprint density at radius 3 is 3.10 bits per heavy atom. The average molecular weight is 297 g/mol. The lowest BCUT2D eigenvalue weighted by atomic mass is 10.1. The Bertz CT molecular complexity index is 529. The summed E-state index contributed by atoms with van der Waals surface area (Å²) in [5.41, 5.74) is 1.60. The van der Waals surface area contributed by atoms with Gasteiger partial charge in [0.1, 0.15) is 18.4 Å². The maximum atomic E-state index is 11.8. The van der Waals surface area contributed by atoms with E-state index in [4.69, 9.17) is 21.1 Å². The Morgan fingerprint density at radius 2 is 2.40 bits per heavy atom. The van der Waals surface area contributed by atoms with Gasteiger partial charge >= 0.3 is 0 Å². The largest absolute Gasteiger partial charge is 0.489 e. The van der Waals surface area contributed by atoms with Gasteiger partial charge in [-0.25, -0.2) is 0 Å². The fraction of sp³-hybridized carbons (Fsp3) is 0.500. The zero-order valence-electron chi connectivity index (χ0n) is 11.2. The lowest BCUT2D eigenvalue weighted by Gasteiger charge is -2.14. The van der Waals surface area contributed by atoms with E-state index in [1.54, 1.807) is 19.2 Å². The molecule has 0 aliphatic carbocycles. The SMILES string of the molecule is CNC1C(=O)Nc2cc(OCC3CCCO3)c(Cl)cc21. The zero-order chi connectivity index (χ0) is 14.1. The molecule has 1 amide bonds. The summed E-state index contributed by atoms with van der Waals surface area (Å²) in [7, 11) is 1.75. The monoisotopic (exact) mass is 296 g/mol. The van der Waals surface area contributed by atoms with Crippen LogP contribution in [0.2, 0.25) is 5.02 Å². The maximum Gasteiger partial charge on any atom is 0.246 e. The van der Waals surface area contributed by atoms with Gasteiger partial charge in [0, 0.05) is 23.9 Å². The average Bonchev–Trinajstić information content (AvgIpc) is 3.03. The molecule has 3 rings (SSSR count). The normalized spacial score (nSPS) is 24.6. The quantitative estimate of drug-likeness (QED) is 0.893. The Hall–Kier alpha value is -1.30. The van der Waals surface area contributed by atoms with Crippen molar-refractivity contribution in [1.29, 1.82) is 0 Å². The standard InChI is InChI=1S/C14H17ClN2O3/c1-16-13-9-5-10(15)12(6-11(9)17-14(13)18)20-7-8-3-2-4-19-8/h5-6,8,13,16H,2-4,7H2,1H3,(H,17,18). The molecular formula is C14H17ClN2O3. The highest BCUT2D eigenvalue weighted by Gasteiger charge is 2.30. The summed E-state index contributed by atoms with van der Waals surface area (Å²) in [5.74, 6) is 0.507. The van der Waals surface area contributed by atoms with Gasteiger partial charge < -0.3 is 20.1 Å². The summed E-state index contributed by atoms with van der Waals surface area (Å²) in [4.78, 5) is 11.8. The van der Waals surface area contributed by atoms with Gasteiger partial charge in [-0.3, -0.25) is 4.79 Å². The molecule has 108 valence electrons. The van der Waals surface area contributed by atoms with Crippen molar-refractivity contribution in [3.63, 3.8) is 0 Å². The van der Waals surface area contributed by atoms with Gasteiger partial charge in [-0.15, -0.1) is 0 Å². The van der Waals surface area contributed by atoms with Crippen molar-refractivity contribution in [3.05, 3.63) is 22.7 Å². The summed E-state index contributed by atoms with van der Waals surface area (Å²) < 4.78 is 11.2. The molecule has 20 heavy (non-hydrogen) atoms. The van der Waals surface area contributed by atoms with E-state index in [0.717, 1.165) is 30.7 Å². The fourth-order valence-electron chi connectivity index (χ4n) is 2.62. The summed E-state index contributed by atoms with van der Waals surface area (Å²) in [5, 5.41) is 6.30.